The molecule has 7 fully saturated rings. The van der Waals surface area contributed by atoms with Crippen molar-refractivity contribution in [2.75, 3.05) is 91.6 Å². The minimum absolute atomic E-state index is 0.0539. The van der Waals surface area contributed by atoms with Gasteiger partial charge in [0.1, 0.15) is 0 Å². The largest absolute Gasteiger partial charge is 0.463 e. The van der Waals surface area contributed by atoms with Gasteiger partial charge in [0.15, 0.2) is 0 Å². The first-order valence-electron chi connectivity index (χ1n) is 45.7. The summed E-state index contributed by atoms with van der Waals surface area (Å²) in [7, 11) is 0. The summed E-state index contributed by atoms with van der Waals surface area (Å²) in [6.45, 7) is 49.3. The van der Waals surface area contributed by atoms with Gasteiger partial charge in [0.05, 0.1) is 84.2 Å². The Hall–Kier alpha value is -7.42. The fourth-order valence-electron chi connectivity index (χ4n) is 14.3. The normalized spacial score (nSPS) is 20.1. The minimum Gasteiger partial charge on any atom is -0.463 e. The molecule has 7 amide bonds. The summed E-state index contributed by atoms with van der Waals surface area (Å²) in [5.41, 5.74) is 0. The Balaban J connectivity index is 0.000000696. The van der Waals surface area contributed by atoms with Crippen LogP contribution in [0.5, 0.6) is 0 Å². The predicted molar refractivity (Wildman–Crippen MR) is 458 cm³/mol. The molecule has 0 saturated carbocycles. The number of rotatable bonds is 42. The summed E-state index contributed by atoms with van der Waals surface area (Å²) < 4.78 is 35.9. The van der Waals surface area contributed by atoms with E-state index in [0.717, 1.165) is 103 Å². The van der Waals surface area contributed by atoms with E-state index in [0.29, 0.717) is 97.3 Å². The van der Waals surface area contributed by atoms with Gasteiger partial charge in [-0.1, -0.05) is 138 Å². The SMILES string of the molecule is CCCCCCCCN1CC(C(=O)OC(C)C)CC1=O.CCCCCCCN1CC(C(=O)OC(C)C)CC1=O.CCCCCCN1CC(C(=O)OC(C)C)CC1=O.CCCCCN1CC(C(=O)OC(C)C)CC1=O.CCCCN1CC(C(=O)OC(C)C)CC1=O.CCCN1CC(C(=O)OC(C)C)CC1=O.CCN1CC(C(=O)OC(C)C)CC1=O. The van der Waals surface area contributed by atoms with Crippen LogP contribution in [0.2, 0.25) is 0 Å². The Labute approximate surface area is 715 Å². The number of unbranched alkanes of at least 4 members (excludes halogenated alkanes) is 15. The second kappa shape index (κ2) is 61.8. The Kier molecular flexibility index (Phi) is 56.9. The van der Waals surface area contributed by atoms with E-state index >= 15 is 0 Å². The van der Waals surface area contributed by atoms with Crippen molar-refractivity contribution in [2.24, 2.45) is 41.4 Å². The molecule has 0 spiro atoms. The van der Waals surface area contributed by atoms with E-state index in [-0.39, 0.29) is 167 Å². The molecule has 0 aromatic rings. The van der Waals surface area contributed by atoms with Gasteiger partial charge in [-0.2, -0.15) is 0 Å². The second-order valence-corrected chi connectivity index (χ2v) is 34.5. The van der Waals surface area contributed by atoms with Gasteiger partial charge in [0, 0.05) is 137 Å². The molecular formula is C91H161N7O21. The van der Waals surface area contributed by atoms with Crippen molar-refractivity contribution in [3.8, 4) is 0 Å². The highest BCUT2D eigenvalue weighted by atomic mass is 16.6. The van der Waals surface area contributed by atoms with Crippen LogP contribution in [-0.2, 0) is 100 Å². The molecule has 28 nitrogen and oxygen atoms in total. The third-order valence-electron chi connectivity index (χ3n) is 20.6. The third-order valence-corrected chi connectivity index (χ3v) is 20.6. The van der Waals surface area contributed by atoms with Gasteiger partial charge in [-0.25, -0.2) is 0 Å². The zero-order valence-corrected chi connectivity index (χ0v) is 77.5. The van der Waals surface area contributed by atoms with Crippen LogP contribution >= 0.6 is 0 Å². The maximum atomic E-state index is 11.9. The van der Waals surface area contributed by atoms with Crippen molar-refractivity contribution >= 4 is 83.1 Å². The molecule has 0 aromatic carbocycles. The highest BCUT2D eigenvalue weighted by molar-refractivity contribution is 5.91. The number of carbonyl (C=O) groups is 14. The Bertz CT molecular complexity index is 3030. The number of nitrogens with zero attached hydrogens (tertiary/aromatic N) is 7. The molecule has 7 unspecified atom stereocenters. The zero-order chi connectivity index (χ0) is 89.9. The number of likely N-dealkylation sites (tertiary alicyclic amines) is 7. The minimum atomic E-state index is -0.259. The smallest absolute Gasteiger partial charge is 0.311 e. The highest BCUT2D eigenvalue weighted by Gasteiger charge is 2.41. The molecule has 28 heteroatoms. The molecule has 7 heterocycles. The standard InChI is InChI=1S/C16H29NO3.C15H27NO3.C14H25NO3.C13H23NO3.C12H21NO3.C11H19NO3.C10H17NO3/c1-4-5-6-7-8-9-10-17-12-14(11-15(17)18)16(19)20-13(2)3;1-4-5-6-7-8-9-16-11-13(10-14(16)17)15(18)19-12(2)3;1-4-5-6-7-8-15-10-12(9-13(15)16)14(17)18-11(2)3;1-4-5-6-7-14-9-11(8-12(14)15)13(16)17-10(2)3;1-4-5-6-13-8-10(7-11(13)14)12(15)16-9(2)3;1-4-5-12-7-9(6-10(12)13)11(14)15-8(2)3;1-4-11-6-8(5-9(11)12)10(13)14-7(2)3/h13-14H,4-12H2,1-3H3;12-13H,4-11H2,1-3H3;11-12H,4-10H2,1-3H3;10-11H,4-9H2,1-3H3;9-10H,4-8H2,1-3H3;8-9H,4-7H2,1-3H3;7-8H,4-6H2,1-3H3. The maximum Gasteiger partial charge on any atom is 0.311 e. The van der Waals surface area contributed by atoms with Crippen molar-refractivity contribution in [1.82, 2.24) is 34.3 Å². The van der Waals surface area contributed by atoms with Gasteiger partial charge in [0.2, 0.25) is 41.4 Å². The lowest BCUT2D eigenvalue weighted by Gasteiger charge is -2.16. The van der Waals surface area contributed by atoms with Crippen LogP contribution in [0.3, 0.4) is 0 Å². The lowest BCUT2D eigenvalue weighted by atomic mass is 10.1. The van der Waals surface area contributed by atoms with E-state index in [2.05, 4.69) is 34.6 Å². The highest BCUT2D eigenvalue weighted by Crippen LogP contribution is 2.27. The Morgan fingerprint density at radius 2 is 0.370 bits per heavy atom. The molecule has 7 aliphatic heterocycles. The number of esters is 7. The van der Waals surface area contributed by atoms with Crippen molar-refractivity contribution in [3.05, 3.63) is 0 Å². The molecule has 7 saturated heterocycles. The van der Waals surface area contributed by atoms with Crippen LogP contribution in [0.4, 0.5) is 0 Å². The number of hydrogen-bond acceptors (Lipinski definition) is 21. The van der Waals surface area contributed by atoms with Crippen LogP contribution in [0, 0.1) is 41.4 Å². The van der Waals surface area contributed by atoms with Crippen LogP contribution in [-0.4, -0.2) is 252 Å². The van der Waals surface area contributed by atoms with Gasteiger partial charge in [-0.3, -0.25) is 67.1 Å². The van der Waals surface area contributed by atoms with Crippen LogP contribution in [0.15, 0.2) is 0 Å². The molecule has 7 atom stereocenters. The summed E-state index contributed by atoms with van der Waals surface area (Å²) >= 11 is 0. The topological polar surface area (TPSA) is 326 Å². The predicted octanol–water partition coefficient (Wildman–Crippen LogP) is 13.8. The molecular weight excluding hydrogens is 1530 g/mol. The van der Waals surface area contributed by atoms with E-state index in [9.17, 15) is 67.1 Å². The number of hydrogen-bond donors (Lipinski definition) is 0. The second-order valence-electron chi connectivity index (χ2n) is 34.5. The monoisotopic (exact) mass is 1690 g/mol. The van der Waals surface area contributed by atoms with Crippen LogP contribution in [0.1, 0.15) is 325 Å². The van der Waals surface area contributed by atoms with E-state index in [1.54, 1.807) is 19.6 Å². The van der Waals surface area contributed by atoms with Crippen molar-refractivity contribution < 1.29 is 100 Å². The fraction of sp³-hybridized carbons (Fsp3) is 0.846. The summed E-state index contributed by atoms with van der Waals surface area (Å²) in [6.07, 6.45) is 25.6. The summed E-state index contributed by atoms with van der Waals surface area (Å²) in [5, 5.41) is 0. The van der Waals surface area contributed by atoms with Gasteiger partial charge in [-0.05, 0) is 142 Å². The molecule has 0 N–H and O–H groups in total. The number of amides is 7. The van der Waals surface area contributed by atoms with E-state index in [4.69, 9.17) is 33.2 Å². The van der Waals surface area contributed by atoms with Crippen molar-refractivity contribution in [2.45, 2.75) is 368 Å². The third kappa shape index (κ3) is 46.4. The number of carbonyl (C=O) groups excluding carboxylic acids is 14. The van der Waals surface area contributed by atoms with Gasteiger partial charge < -0.3 is 67.5 Å². The first-order valence-corrected chi connectivity index (χ1v) is 45.7. The van der Waals surface area contributed by atoms with Gasteiger partial charge in [0.25, 0.3) is 0 Å². The van der Waals surface area contributed by atoms with Crippen molar-refractivity contribution in [1.29, 1.82) is 0 Å². The quantitative estimate of drug-likeness (QED) is 0.0311. The molecule has 7 aliphatic rings. The molecule has 7 rings (SSSR count). The molecule has 119 heavy (non-hydrogen) atoms. The average molecular weight is 1690 g/mol. The first-order chi connectivity index (χ1) is 56.3. The average Bonchev–Trinajstić information content (AvgIpc) is 1.62. The first kappa shape index (κ1) is 110. The Morgan fingerprint density at radius 1 is 0.218 bits per heavy atom. The number of ether oxygens (including phenoxy) is 7. The zero-order valence-electron chi connectivity index (χ0n) is 77.5. The summed E-state index contributed by atoms with van der Waals surface area (Å²) in [5.74, 6) is -2.84. The van der Waals surface area contributed by atoms with Gasteiger partial charge >= 0.3 is 41.8 Å². The van der Waals surface area contributed by atoms with Crippen molar-refractivity contribution in [3.63, 3.8) is 0 Å². The molecule has 0 radical (unpaired) electrons. The molecule has 686 valence electrons. The van der Waals surface area contributed by atoms with E-state index in [1.807, 2.05) is 125 Å². The van der Waals surface area contributed by atoms with Crippen LogP contribution in [0.25, 0.3) is 0 Å². The van der Waals surface area contributed by atoms with Crippen LogP contribution < -0.4 is 0 Å². The maximum absolute atomic E-state index is 11.9. The lowest BCUT2D eigenvalue weighted by molar-refractivity contribution is -0.153. The fourth-order valence-corrected chi connectivity index (χ4v) is 14.3. The van der Waals surface area contributed by atoms with E-state index in [1.165, 1.54) is 70.6 Å². The molecule has 0 aliphatic carbocycles. The molecule has 0 bridgehead atoms. The van der Waals surface area contributed by atoms with Gasteiger partial charge in [-0.15, -0.1) is 0 Å². The molecule has 0 aromatic heterocycles. The Morgan fingerprint density at radius 3 is 0.555 bits per heavy atom. The summed E-state index contributed by atoms with van der Waals surface area (Å²) in [6, 6.07) is 0. The van der Waals surface area contributed by atoms with E-state index < -0.39 is 0 Å². The lowest BCUT2D eigenvalue weighted by Crippen LogP contribution is -2.28. The summed E-state index contributed by atoms with van der Waals surface area (Å²) in [4.78, 5) is 176.